The van der Waals surface area contributed by atoms with E-state index in [-0.39, 0.29) is 12.1 Å². The normalized spacial score (nSPS) is 12.2. The van der Waals surface area contributed by atoms with Gasteiger partial charge in [-0.3, -0.25) is 0 Å². The van der Waals surface area contributed by atoms with Crippen LogP contribution in [-0.2, 0) is 0 Å². The van der Waals surface area contributed by atoms with Crippen LogP contribution in [0.3, 0.4) is 0 Å². The van der Waals surface area contributed by atoms with Crippen LogP contribution in [0.5, 0.6) is 0 Å². The van der Waals surface area contributed by atoms with Crippen molar-refractivity contribution in [2.24, 2.45) is 0 Å². The van der Waals surface area contributed by atoms with E-state index in [2.05, 4.69) is 21.6 Å². The molecule has 1 heterocycles. The molecule has 118 valence electrons. The molecule has 1 aromatic heterocycles. The highest BCUT2D eigenvalue weighted by molar-refractivity contribution is 7.10. The van der Waals surface area contributed by atoms with Gasteiger partial charge in [-0.25, -0.2) is 4.79 Å². The van der Waals surface area contributed by atoms with Gasteiger partial charge in [0.1, 0.15) is 0 Å². The lowest BCUT2D eigenvalue weighted by atomic mass is 10.2. The number of benzene rings is 1. The van der Waals surface area contributed by atoms with Crippen LogP contribution >= 0.6 is 22.9 Å². The predicted octanol–water partition coefficient (Wildman–Crippen LogP) is 4.13. The topological polar surface area (TPSA) is 44.4 Å². The van der Waals surface area contributed by atoms with Crippen LogP contribution in [0.4, 0.5) is 10.5 Å². The predicted molar refractivity (Wildman–Crippen MR) is 94.0 cm³/mol. The Labute approximate surface area is 140 Å². The van der Waals surface area contributed by atoms with Gasteiger partial charge in [0.2, 0.25) is 0 Å². The van der Waals surface area contributed by atoms with Gasteiger partial charge in [-0.15, -0.1) is 11.3 Å². The number of carbonyl (C=O) groups is 1. The van der Waals surface area contributed by atoms with Gasteiger partial charge in [-0.1, -0.05) is 23.7 Å². The summed E-state index contributed by atoms with van der Waals surface area (Å²) < 4.78 is 0. The highest BCUT2D eigenvalue weighted by Gasteiger charge is 2.16. The summed E-state index contributed by atoms with van der Waals surface area (Å²) in [6.07, 6.45) is 0. The monoisotopic (exact) mass is 337 g/mol. The zero-order chi connectivity index (χ0) is 16.1. The molecular weight excluding hydrogens is 318 g/mol. The van der Waals surface area contributed by atoms with Crippen LogP contribution in [-0.4, -0.2) is 31.6 Å². The van der Waals surface area contributed by atoms with E-state index in [0.29, 0.717) is 11.6 Å². The number of hydrogen-bond acceptors (Lipinski definition) is 3. The molecule has 0 fully saturated rings. The van der Waals surface area contributed by atoms with Crippen molar-refractivity contribution in [3.05, 3.63) is 51.2 Å². The lowest BCUT2D eigenvalue weighted by molar-refractivity contribution is 0.244. The molecule has 0 aliphatic rings. The van der Waals surface area contributed by atoms with Crippen molar-refractivity contribution in [2.45, 2.75) is 13.0 Å². The fraction of sp³-hybridized carbons (Fsp3) is 0.312. The summed E-state index contributed by atoms with van der Waals surface area (Å²) in [6, 6.07) is 9.49. The minimum Gasteiger partial charge on any atom is -0.336 e. The van der Waals surface area contributed by atoms with Crippen molar-refractivity contribution in [3.8, 4) is 0 Å². The Morgan fingerprint density at radius 1 is 1.32 bits per heavy atom. The quantitative estimate of drug-likeness (QED) is 0.861. The van der Waals surface area contributed by atoms with Crippen molar-refractivity contribution in [1.82, 2.24) is 10.2 Å². The zero-order valence-corrected chi connectivity index (χ0v) is 14.5. The van der Waals surface area contributed by atoms with Crippen molar-refractivity contribution in [2.75, 3.05) is 26.0 Å². The maximum absolute atomic E-state index is 12.1. The second-order valence-corrected chi connectivity index (χ2v) is 6.63. The molecule has 0 saturated heterocycles. The summed E-state index contributed by atoms with van der Waals surface area (Å²) in [7, 11) is 4.01. The molecule has 2 N–H and O–H groups in total. The Balaban J connectivity index is 1.96. The van der Waals surface area contributed by atoms with Gasteiger partial charge in [0.15, 0.2) is 0 Å². The molecule has 1 atom stereocenters. The molecule has 2 aromatic rings. The standard InChI is InChI=1S/C16H20ClN3OS/c1-11-12(17)6-4-7-13(11)19-16(21)18-10-14(20(2)3)15-8-5-9-22-15/h4-9,14H,10H2,1-3H3,(H2,18,19,21). The Morgan fingerprint density at radius 3 is 2.73 bits per heavy atom. The lowest BCUT2D eigenvalue weighted by Crippen LogP contribution is -2.36. The third-order valence-corrected chi connectivity index (χ3v) is 4.85. The smallest absolute Gasteiger partial charge is 0.319 e. The molecular formula is C16H20ClN3OS. The van der Waals surface area contributed by atoms with Crippen LogP contribution < -0.4 is 10.6 Å². The molecule has 0 saturated carbocycles. The number of urea groups is 1. The molecule has 4 nitrogen and oxygen atoms in total. The Kier molecular flexibility index (Phi) is 5.83. The molecule has 1 aromatic carbocycles. The molecule has 1 unspecified atom stereocenters. The van der Waals surface area contributed by atoms with Gasteiger partial charge < -0.3 is 15.5 Å². The first kappa shape index (κ1) is 16.8. The zero-order valence-electron chi connectivity index (χ0n) is 12.9. The van der Waals surface area contributed by atoms with Crippen LogP contribution in [0.2, 0.25) is 5.02 Å². The third-order valence-electron chi connectivity index (χ3n) is 3.47. The molecule has 0 spiro atoms. The third kappa shape index (κ3) is 4.22. The largest absolute Gasteiger partial charge is 0.336 e. The van der Waals surface area contributed by atoms with E-state index in [1.807, 2.05) is 44.6 Å². The van der Waals surface area contributed by atoms with E-state index in [0.717, 1.165) is 11.3 Å². The van der Waals surface area contributed by atoms with Gasteiger partial charge in [0.25, 0.3) is 0 Å². The number of halogens is 1. The molecule has 22 heavy (non-hydrogen) atoms. The van der Waals surface area contributed by atoms with Crippen molar-refractivity contribution in [1.29, 1.82) is 0 Å². The molecule has 0 bridgehead atoms. The van der Waals surface area contributed by atoms with Crippen molar-refractivity contribution < 1.29 is 4.79 Å². The summed E-state index contributed by atoms with van der Waals surface area (Å²) in [5, 5.41) is 8.44. The molecule has 2 amide bonds. The van der Waals surface area contributed by atoms with Gasteiger partial charge in [-0.05, 0) is 50.2 Å². The first-order chi connectivity index (χ1) is 10.5. The highest BCUT2D eigenvalue weighted by atomic mass is 35.5. The van der Waals surface area contributed by atoms with E-state index >= 15 is 0 Å². The molecule has 0 radical (unpaired) electrons. The number of likely N-dealkylation sites (N-methyl/N-ethyl adjacent to an activating group) is 1. The Hall–Kier alpha value is -1.56. The van der Waals surface area contributed by atoms with E-state index < -0.39 is 0 Å². The maximum Gasteiger partial charge on any atom is 0.319 e. The lowest BCUT2D eigenvalue weighted by Gasteiger charge is -2.23. The fourth-order valence-corrected chi connectivity index (χ4v) is 3.21. The van der Waals surface area contributed by atoms with Crippen LogP contribution in [0.1, 0.15) is 16.5 Å². The number of amides is 2. The minimum absolute atomic E-state index is 0.159. The molecule has 0 aliphatic heterocycles. The van der Waals surface area contributed by atoms with E-state index in [9.17, 15) is 4.79 Å². The second-order valence-electron chi connectivity index (χ2n) is 5.24. The Morgan fingerprint density at radius 2 is 2.09 bits per heavy atom. The summed E-state index contributed by atoms with van der Waals surface area (Å²) in [6.45, 7) is 2.42. The maximum atomic E-state index is 12.1. The summed E-state index contributed by atoms with van der Waals surface area (Å²) >= 11 is 7.75. The number of hydrogen-bond donors (Lipinski definition) is 2. The van der Waals surface area contributed by atoms with Crippen molar-refractivity contribution in [3.63, 3.8) is 0 Å². The Bertz CT molecular complexity index is 628. The number of thiophene rings is 1. The van der Waals surface area contributed by atoms with Crippen LogP contribution in [0, 0.1) is 6.92 Å². The first-order valence-electron chi connectivity index (χ1n) is 6.99. The van der Waals surface area contributed by atoms with E-state index in [1.165, 1.54) is 4.88 Å². The fourth-order valence-electron chi connectivity index (χ4n) is 2.12. The number of nitrogens with zero attached hydrogens (tertiary/aromatic N) is 1. The van der Waals surface area contributed by atoms with E-state index in [4.69, 9.17) is 11.6 Å². The average molecular weight is 338 g/mol. The summed E-state index contributed by atoms with van der Waals surface area (Å²) in [4.78, 5) is 15.4. The number of nitrogens with one attached hydrogen (secondary N) is 2. The summed E-state index contributed by atoms with van der Waals surface area (Å²) in [5.74, 6) is 0. The van der Waals surface area contributed by atoms with Crippen molar-refractivity contribution >= 4 is 34.7 Å². The number of rotatable bonds is 5. The SMILES string of the molecule is Cc1c(Cl)cccc1NC(=O)NCC(c1cccs1)N(C)C. The molecule has 0 aliphatic carbocycles. The first-order valence-corrected chi connectivity index (χ1v) is 8.24. The number of carbonyl (C=O) groups excluding carboxylic acids is 1. The molecule has 2 rings (SSSR count). The highest BCUT2D eigenvalue weighted by Crippen LogP contribution is 2.24. The molecule has 6 heteroatoms. The second kappa shape index (κ2) is 7.63. The summed E-state index contributed by atoms with van der Waals surface area (Å²) in [5.41, 5.74) is 1.59. The minimum atomic E-state index is -0.228. The van der Waals surface area contributed by atoms with Crippen LogP contribution in [0.15, 0.2) is 35.7 Å². The average Bonchev–Trinajstić information content (AvgIpc) is 2.98. The number of anilines is 1. The van der Waals surface area contributed by atoms with Gasteiger partial charge in [0.05, 0.1) is 6.04 Å². The van der Waals surface area contributed by atoms with E-state index in [1.54, 1.807) is 17.4 Å². The van der Waals surface area contributed by atoms with Crippen LogP contribution in [0.25, 0.3) is 0 Å². The van der Waals surface area contributed by atoms with Gasteiger partial charge in [-0.2, -0.15) is 0 Å². The van der Waals surface area contributed by atoms with Gasteiger partial charge >= 0.3 is 6.03 Å². The van der Waals surface area contributed by atoms with Gasteiger partial charge in [0, 0.05) is 22.1 Å².